The minimum atomic E-state index is -1.07. The van der Waals surface area contributed by atoms with Crippen molar-refractivity contribution in [3.05, 3.63) is 0 Å². The zero-order valence-electron chi connectivity index (χ0n) is 9.70. The smallest absolute Gasteiger partial charge is 0.323 e. The summed E-state index contributed by atoms with van der Waals surface area (Å²) in [7, 11) is 0. The highest BCUT2D eigenvalue weighted by atomic mass is 16.4. The van der Waals surface area contributed by atoms with Crippen molar-refractivity contribution in [3.63, 3.8) is 0 Å². The highest BCUT2D eigenvalue weighted by Gasteiger charge is 2.28. The number of nitrogens with two attached hydrogens (primary N) is 1. The minimum absolute atomic E-state index is 0.547. The zero-order valence-corrected chi connectivity index (χ0v) is 9.70. The van der Waals surface area contributed by atoms with E-state index in [-0.39, 0.29) is 0 Å². The molecule has 4 nitrogen and oxygen atoms in total. The van der Waals surface area contributed by atoms with Gasteiger partial charge in [-0.15, -0.1) is 0 Å². The van der Waals surface area contributed by atoms with Crippen molar-refractivity contribution >= 4 is 5.97 Å². The number of carboxylic acids is 1. The molecule has 0 bridgehead atoms. The summed E-state index contributed by atoms with van der Waals surface area (Å²) in [5.74, 6) is -0.906. The van der Waals surface area contributed by atoms with Gasteiger partial charge in [0.2, 0.25) is 0 Å². The Kier molecular flexibility index (Phi) is 4.11. The van der Waals surface area contributed by atoms with E-state index in [9.17, 15) is 4.79 Å². The van der Waals surface area contributed by atoms with Gasteiger partial charge in [-0.05, 0) is 52.6 Å². The number of hydrogen-bond donors (Lipinski definition) is 2. The minimum Gasteiger partial charge on any atom is -0.480 e. The van der Waals surface area contributed by atoms with Gasteiger partial charge in [0.15, 0.2) is 0 Å². The largest absolute Gasteiger partial charge is 0.480 e. The van der Waals surface area contributed by atoms with Crippen LogP contribution in [0, 0.1) is 0 Å². The molecule has 88 valence electrons. The quantitative estimate of drug-likeness (QED) is 0.718. The van der Waals surface area contributed by atoms with Gasteiger partial charge in [-0.25, -0.2) is 0 Å². The molecule has 4 heteroatoms. The van der Waals surface area contributed by atoms with Gasteiger partial charge < -0.3 is 15.7 Å². The highest BCUT2D eigenvalue weighted by Crippen LogP contribution is 2.18. The molecule has 0 radical (unpaired) electrons. The van der Waals surface area contributed by atoms with Crippen LogP contribution in [0.25, 0.3) is 0 Å². The Morgan fingerprint density at radius 2 is 2.33 bits per heavy atom. The van der Waals surface area contributed by atoms with Gasteiger partial charge in [0.25, 0.3) is 0 Å². The lowest BCUT2D eigenvalue weighted by molar-refractivity contribution is -0.142. The van der Waals surface area contributed by atoms with Crippen LogP contribution < -0.4 is 5.73 Å². The Bertz CT molecular complexity index is 229. The molecule has 0 saturated carbocycles. The van der Waals surface area contributed by atoms with Crippen LogP contribution in [0.5, 0.6) is 0 Å². The maximum absolute atomic E-state index is 10.8. The monoisotopic (exact) mass is 214 g/mol. The summed E-state index contributed by atoms with van der Waals surface area (Å²) < 4.78 is 0. The van der Waals surface area contributed by atoms with Crippen LogP contribution in [-0.4, -0.2) is 40.6 Å². The summed E-state index contributed by atoms with van der Waals surface area (Å²) in [6.45, 7) is 5.94. The van der Waals surface area contributed by atoms with Crippen molar-refractivity contribution in [2.75, 3.05) is 13.1 Å². The van der Waals surface area contributed by atoms with Crippen molar-refractivity contribution in [2.45, 2.75) is 51.1 Å². The Morgan fingerprint density at radius 3 is 2.80 bits per heavy atom. The van der Waals surface area contributed by atoms with Crippen LogP contribution in [0.15, 0.2) is 0 Å². The SMILES string of the molecule is CC1CCCN1CCCC(C)(N)C(=O)O. The zero-order chi connectivity index (χ0) is 11.5. The molecule has 1 fully saturated rings. The van der Waals surface area contributed by atoms with Crippen LogP contribution in [0.1, 0.15) is 39.5 Å². The lowest BCUT2D eigenvalue weighted by Crippen LogP contribution is -2.45. The highest BCUT2D eigenvalue weighted by molar-refractivity contribution is 5.77. The van der Waals surface area contributed by atoms with E-state index in [0.717, 1.165) is 19.5 Å². The summed E-state index contributed by atoms with van der Waals surface area (Å²) in [6, 6.07) is 0.652. The second-order valence-corrected chi connectivity index (χ2v) is 4.85. The molecule has 0 amide bonds. The summed E-state index contributed by atoms with van der Waals surface area (Å²) in [6.07, 6.45) is 3.94. The first-order chi connectivity index (χ1) is 6.93. The van der Waals surface area contributed by atoms with Crippen molar-refractivity contribution in [3.8, 4) is 0 Å². The average molecular weight is 214 g/mol. The van der Waals surface area contributed by atoms with E-state index in [1.807, 2.05) is 0 Å². The van der Waals surface area contributed by atoms with Gasteiger partial charge in [-0.1, -0.05) is 0 Å². The molecule has 1 saturated heterocycles. The van der Waals surface area contributed by atoms with Crippen LogP contribution in [0.3, 0.4) is 0 Å². The summed E-state index contributed by atoms with van der Waals surface area (Å²) >= 11 is 0. The lowest BCUT2D eigenvalue weighted by atomic mass is 9.97. The normalized spacial score (nSPS) is 26.5. The molecule has 0 aromatic heterocycles. The third-order valence-corrected chi connectivity index (χ3v) is 3.32. The molecule has 0 aromatic carbocycles. The van der Waals surface area contributed by atoms with E-state index in [2.05, 4.69) is 11.8 Å². The summed E-state index contributed by atoms with van der Waals surface area (Å²) in [4.78, 5) is 13.2. The number of carboxylic acid groups (broad SMARTS) is 1. The molecule has 0 aromatic rings. The number of aliphatic carboxylic acids is 1. The fourth-order valence-corrected chi connectivity index (χ4v) is 2.08. The second-order valence-electron chi connectivity index (χ2n) is 4.85. The first-order valence-corrected chi connectivity index (χ1v) is 5.70. The predicted octanol–water partition coefficient (Wildman–Crippen LogP) is 1.05. The number of hydrogen-bond acceptors (Lipinski definition) is 3. The molecule has 2 unspecified atom stereocenters. The molecule has 1 aliphatic heterocycles. The molecule has 2 atom stereocenters. The van der Waals surface area contributed by atoms with Gasteiger partial charge in [0.05, 0.1) is 0 Å². The number of carbonyl (C=O) groups is 1. The van der Waals surface area contributed by atoms with Crippen molar-refractivity contribution in [1.29, 1.82) is 0 Å². The van der Waals surface area contributed by atoms with Crippen molar-refractivity contribution in [1.82, 2.24) is 4.90 Å². The van der Waals surface area contributed by atoms with E-state index in [1.165, 1.54) is 12.8 Å². The van der Waals surface area contributed by atoms with E-state index in [0.29, 0.717) is 12.5 Å². The van der Waals surface area contributed by atoms with Gasteiger partial charge in [0.1, 0.15) is 5.54 Å². The van der Waals surface area contributed by atoms with E-state index in [1.54, 1.807) is 6.92 Å². The fourth-order valence-electron chi connectivity index (χ4n) is 2.08. The molecule has 0 aliphatic carbocycles. The summed E-state index contributed by atoms with van der Waals surface area (Å²) in [5, 5.41) is 8.85. The average Bonchev–Trinajstić information content (AvgIpc) is 2.51. The molecular formula is C11H22N2O2. The van der Waals surface area contributed by atoms with Crippen LogP contribution >= 0.6 is 0 Å². The Balaban J connectivity index is 2.24. The Labute approximate surface area is 91.4 Å². The first-order valence-electron chi connectivity index (χ1n) is 5.70. The molecule has 1 aliphatic rings. The third kappa shape index (κ3) is 3.47. The molecule has 0 spiro atoms. The third-order valence-electron chi connectivity index (χ3n) is 3.32. The molecule has 1 heterocycles. The van der Waals surface area contributed by atoms with Crippen molar-refractivity contribution in [2.24, 2.45) is 5.73 Å². The number of likely N-dealkylation sites (tertiary alicyclic amines) is 1. The van der Waals surface area contributed by atoms with E-state index in [4.69, 9.17) is 10.8 Å². The molecular weight excluding hydrogens is 192 g/mol. The molecule has 3 N–H and O–H groups in total. The van der Waals surface area contributed by atoms with Crippen LogP contribution in [0.4, 0.5) is 0 Å². The van der Waals surface area contributed by atoms with E-state index < -0.39 is 11.5 Å². The Morgan fingerprint density at radius 1 is 1.67 bits per heavy atom. The number of rotatable bonds is 5. The van der Waals surface area contributed by atoms with Crippen LogP contribution in [0.2, 0.25) is 0 Å². The van der Waals surface area contributed by atoms with Gasteiger partial charge in [-0.3, -0.25) is 4.79 Å². The Hall–Kier alpha value is -0.610. The van der Waals surface area contributed by atoms with Gasteiger partial charge in [0, 0.05) is 6.04 Å². The van der Waals surface area contributed by atoms with Crippen LogP contribution in [-0.2, 0) is 4.79 Å². The first kappa shape index (κ1) is 12.5. The maximum Gasteiger partial charge on any atom is 0.323 e. The topological polar surface area (TPSA) is 66.6 Å². The summed E-state index contributed by atoms with van der Waals surface area (Å²) in [5.41, 5.74) is 4.59. The maximum atomic E-state index is 10.8. The van der Waals surface area contributed by atoms with Gasteiger partial charge >= 0.3 is 5.97 Å². The standard InChI is InChI=1S/C11H22N2O2/c1-9-5-3-7-13(9)8-4-6-11(2,12)10(14)15/h9H,3-8,12H2,1-2H3,(H,14,15). The van der Waals surface area contributed by atoms with E-state index >= 15 is 0 Å². The van der Waals surface area contributed by atoms with Gasteiger partial charge in [-0.2, -0.15) is 0 Å². The predicted molar refractivity (Wildman–Crippen MR) is 59.7 cm³/mol. The number of nitrogens with zero attached hydrogens (tertiary/aromatic N) is 1. The lowest BCUT2D eigenvalue weighted by Gasteiger charge is -2.24. The fraction of sp³-hybridized carbons (Fsp3) is 0.909. The molecule has 15 heavy (non-hydrogen) atoms. The second kappa shape index (κ2) is 4.94. The van der Waals surface area contributed by atoms with Crippen molar-refractivity contribution < 1.29 is 9.90 Å². The molecule has 1 rings (SSSR count).